The van der Waals surface area contributed by atoms with E-state index < -0.39 is 4.92 Å². The number of carbonyl (C=O) groups excluding carboxylic acids is 1. The highest BCUT2D eigenvalue weighted by Gasteiger charge is 2.22. The largest absolute Gasteiger partial charge is 0.324 e. The summed E-state index contributed by atoms with van der Waals surface area (Å²) in [5, 5.41) is 11.1. The van der Waals surface area contributed by atoms with Crippen LogP contribution in [0, 0.1) is 16.0 Å². The Morgan fingerprint density at radius 2 is 2.05 bits per heavy atom. The fourth-order valence-electron chi connectivity index (χ4n) is 1.82. The van der Waals surface area contributed by atoms with Crippen LogP contribution in [0.5, 0.6) is 0 Å². The Kier molecular flexibility index (Phi) is 5.18. The number of carbonyl (C=O) groups is 1. The number of hydrogen-bond donors (Lipinski definition) is 1. The molecule has 0 fully saturated rings. The molecule has 5 heteroatoms. The summed E-state index contributed by atoms with van der Waals surface area (Å²) in [5.74, 6) is 0.692. The molecule has 1 radical (unpaired) electrons. The molecule has 5 nitrogen and oxygen atoms in total. The van der Waals surface area contributed by atoms with Crippen LogP contribution >= 0.6 is 0 Å². The molecule has 0 saturated heterocycles. The highest BCUT2D eigenvalue weighted by Crippen LogP contribution is 2.26. The van der Waals surface area contributed by atoms with Crippen LogP contribution in [0.25, 0.3) is 0 Å². The van der Waals surface area contributed by atoms with Gasteiger partial charge in [0.1, 0.15) is 0 Å². The van der Waals surface area contributed by atoms with Crippen LogP contribution in [0.1, 0.15) is 55.6 Å². The second-order valence-electron chi connectivity index (χ2n) is 4.86. The minimum Gasteiger partial charge on any atom is -0.324 e. The summed E-state index contributed by atoms with van der Waals surface area (Å²) in [4.78, 5) is 22.5. The van der Waals surface area contributed by atoms with E-state index in [1.807, 2.05) is 20.8 Å². The van der Waals surface area contributed by atoms with Gasteiger partial charge in [-0.2, -0.15) is 0 Å². The number of rotatable bonds is 6. The molecule has 0 bridgehead atoms. The third kappa shape index (κ3) is 3.86. The minimum atomic E-state index is -0.524. The molecule has 0 aliphatic rings. The Hall–Kier alpha value is -1.75. The molecule has 0 aliphatic heterocycles. The van der Waals surface area contributed by atoms with Gasteiger partial charge in [0, 0.05) is 18.5 Å². The van der Waals surface area contributed by atoms with Gasteiger partial charge in [0.05, 0.1) is 10.5 Å². The predicted octanol–water partition coefficient (Wildman–Crippen LogP) is 3.19. The summed E-state index contributed by atoms with van der Waals surface area (Å²) in [6.07, 6.45) is 0.909. The lowest BCUT2D eigenvalue weighted by atomic mass is 9.96. The summed E-state index contributed by atoms with van der Waals surface area (Å²) in [7, 11) is 0. The van der Waals surface area contributed by atoms with Crippen LogP contribution in [0.2, 0.25) is 0 Å². The van der Waals surface area contributed by atoms with Crippen LogP contribution in [0.3, 0.4) is 0 Å². The first kappa shape index (κ1) is 15.3. The summed E-state index contributed by atoms with van der Waals surface area (Å²) >= 11 is 0. The minimum absolute atomic E-state index is 0.151. The van der Waals surface area contributed by atoms with Crippen molar-refractivity contribution >= 4 is 11.5 Å². The van der Waals surface area contributed by atoms with Gasteiger partial charge in [-0.15, -0.1) is 0 Å². The molecule has 0 aliphatic carbocycles. The van der Waals surface area contributed by atoms with Crippen molar-refractivity contribution in [1.29, 1.82) is 0 Å². The van der Waals surface area contributed by atoms with E-state index in [2.05, 4.69) is 0 Å². The second kappa shape index (κ2) is 6.43. The Labute approximate surface area is 113 Å². The van der Waals surface area contributed by atoms with Crippen molar-refractivity contribution in [2.45, 2.75) is 39.7 Å². The van der Waals surface area contributed by atoms with Crippen molar-refractivity contribution in [3.8, 4) is 0 Å². The summed E-state index contributed by atoms with van der Waals surface area (Å²) < 4.78 is 0. The van der Waals surface area contributed by atoms with Crippen LogP contribution in [0.4, 0.5) is 5.69 Å². The molecule has 0 amide bonds. The summed E-state index contributed by atoms with van der Waals surface area (Å²) in [5.41, 5.74) is 6.53. The average Bonchev–Trinajstić information content (AvgIpc) is 2.36. The van der Waals surface area contributed by atoms with Crippen LogP contribution in [-0.2, 0) is 0 Å². The molecule has 19 heavy (non-hydrogen) atoms. The van der Waals surface area contributed by atoms with E-state index >= 15 is 0 Å². The molecule has 1 rings (SSSR count). The van der Waals surface area contributed by atoms with Gasteiger partial charge in [-0.25, -0.2) is 0 Å². The summed E-state index contributed by atoms with van der Waals surface area (Å²) in [6.45, 7) is 5.56. The van der Waals surface area contributed by atoms with Crippen molar-refractivity contribution in [2.75, 3.05) is 0 Å². The molecule has 0 saturated carbocycles. The zero-order valence-electron chi connectivity index (χ0n) is 11.5. The zero-order valence-corrected chi connectivity index (χ0v) is 11.5. The molecule has 2 N–H and O–H groups in total. The molecule has 0 aromatic heterocycles. The summed E-state index contributed by atoms with van der Waals surface area (Å²) in [6, 6.07) is 4.36. The van der Waals surface area contributed by atoms with Crippen molar-refractivity contribution in [1.82, 2.24) is 0 Å². The number of benzene rings is 1. The van der Waals surface area contributed by atoms with Crippen molar-refractivity contribution in [2.24, 2.45) is 5.73 Å². The van der Waals surface area contributed by atoms with Gasteiger partial charge < -0.3 is 5.73 Å². The van der Waals surface area contributed by atoms with Crippen LogP contribution < -0.4 is 5.73 Å². The lowest BCUT2D eigenvalue weighted by Gasteiger charge is -2.11. The van der Waals surface area contributed by atoms with E-state index in [-0.39, 0.29) is 29.5 Å². The molecule has 1 aromatic carbocycles. The molecule has 0 unspecified atom stereocenters. The molecule has 1 aromatic rings. The van der Waals surface area contributed by atoms with E-state index in [0.717, 1.165) is 5.92 Å². The van der Waals surface area contributed by atoms with Crippen molar-refractivity contribution < 1.29 is 9.72 Å². The molecule has 0 spiro atoms. The Morgan fingerprint density at radius 1 is 1.42 bits per heavy atom. The maximum absolute atomic E-state index is 12.0. The number of nitro benzene ring substituents is 1. The fraction of sp³-hybridized carbons (Fsp3) is 0.429. The lowest BCUT2D eigenvalue weighted by molar-refractivity contribution is -0.385. The highest BCUT2D eigenvalue weighted by molar-refractivity contribution is 6.00. The van der Waals surface area contributed by atoms with E-state index in [1.54, 1.807) is 6.07 Å². The monoisotopic (exact) mass is 263 g/mol. The quantitative estimate of drug-likeness (QED) is 0.485. The van der Waals surface area contributed by atoms with Gasteiger partial charge in [-0.3, -0.25) is 14.9 Å². The smallest absolute Gasteiger partial charge is 0.280 e. The van der Waals surface area contributed by atoms with Gasteiger partial charge in [0.25, 0.3) is 5.69 Å². The SMILES string of the molecule is CC[C@@H](N)c1ccc(C(=O)C[C](C)C)c([N+](=O)[O-])c1. The number of nitro groups is 1. The van der Waals surface area contributed by atoms with Gasteiger partial charge in [-0.1, -0.05) is 26.8 Å². The van der Waals surface area contributed by atoms with Gasteiger partial charge >= 0.3 is 0 Å². The van der Waals surface area contributed by atoms with Crippen LogP contribution in [-0.4, -0.2) is 10.7 Å². The number of Topliss-reactive ketones (excluding diaryl/α,β-unsaturated/α-hetero) is 1. The van der Waals surface area contributed by atoms with Crippen molar-refractivity contribution in [3.63, 3.8) is 0 Å². The maximum atomic E-state index is 12.0. The fourth-order valence-corrected chi connectivity index (χ4v) is 1.82. The second-order valence-corrected chi connectivity index (χ2v) is 4.86. The highest BCUT2D eigenvalue weighted by atomic mass is 16.6. The van der Waals surface area contributed by atoms with Gasteiger partial charge in [-0.05, 0) is 24.0 Å². The zero-order chi connectivity index (χ0) is 14.6. The number of ketones is 1. The third-order valence-electron chi connectivity index (χ3n) is 2.90. The van der Waals surface area contributed by atoms with Crippen LogP contribution in [0.15, 0.2) is 18.2 Å². The van der Waals surface area contributed by atoms with E-state index in [0.29, 0.717) is 12.0 Å². The Bertz CT molecular complexity index is 484. The van der Waals surface area contributed by atoms with E-state index in [4.69, 9.17) is 5.73 Å². The number of nitrogens with two attached hydrogens (primary N) is 1. The van der Waals surface area contributed by atoms with Gasteiger partial charge in [0.15, 0.2) is 5.78 Å². The first-order valence-corrected chi connectivity index (χ1v) is 6.23. The standard InChI is InChI=1S/C14H19N2O3/c1-4-12(15)10-5-6-11(13(8-10)16(18)19)14(17)7-9(2)3/h5-6,8,12H,4,7,15H2,1-3H3/t12-/m1/s1. The molecule has 1 atom stereocenters. The van der Waals surface area contributed by atoms with E-state index in [1.165, 1.54) is 12.1 Å². The third-order valence-corrected chi connectivity index (χ3v) is 2.90. The first-order chi connectivity index (χ1) is 8.86. The molecule has 0 heterocycles. The predicted molar refractivity (Wildman–Crippen MR) is 73.9 cm³/mol. The molecular formula is C14H19N2O3. The Balaban J connectivity index is 3.19. The van der Waals surface area contributed by atoms with E-state index in [9.17, 15) is 14.9 Å². The number of nitrogens with zero attached hydrogens (tertiary/aromatic N) is 1. The topological polar surface area (TPSA) is 86.2 Å². The Morgan fingerprint density at radius 3 is 2.53 bits per heavy atom. The molecule has 103 valence electrons. The first-order valence-electron chi connectivity index (χ1n) is 6.23. The average molecular weight is 263 g/mol. The van der Waals surface area contributed by atoms with Gasteiger partial charge in [0.2, 0.25) is 0 Å². The normalized spacial score (nSPS) is 12.5. The maximum Gasteiger partial charge on any atom is 0.280 e. The molecular weight excluding hydrogens is 244 g/mol. The lowest BCUT2D eigenvalue weighted by Crippen LogP contribution is -2.11. The van der Waals surface area contributed by atoms with Crippen molar-refractivity contribution in [3.05, 3.63) is 45.4 Å². The number of hydrogen-bond acceptors (Lipinski definition) is 4.